The molecule has 2 heterocycles. The zero-order chi connectivity index (χ0) is 20.2. The first-order valence-electron chi connectivity index (χ1n) is 9.30. The van der Waals surface area contributed by atoms with Gasteiger partial charge in [-0.2, -0.15) is 0 Å². The Morgan fingerprint density at radius 1 is 1.07 bits per heavy atom. The Labute approximate surface area is 168 Å². The minimum atomic E-state index is -3.94. The first kappa shape index (κ1) is 23.7. The van der Waals surface area contributed by atoms with Crippen LogP contribution < -0.4 is 0 Å². The molecule has 2 saturated heterocycles. The van der Waals surface area contributed by atoms with Crippen molar-refractivity contribution in [3.05, 3.63) is 0 Å². The summed E-state index contributed by atoms with van der Waals surface area (Å²) in [4.78, 5) is 10.3. The third-order valence-corrected chi connectivity index (χ3v) is 7.19. The van der Waals surface area contributed by atoms with Gasteiger partial charge in [-0.3, -0.25) is 4.52 Å². The van der Waals surface area contributed by atoms with Crippen LogP contribution in [0.5, 0.6) is 0 Å². The van der Waals surface area contributed by atoms with E-state index in [2.05, 4.69) is 0 Å². The van der Waals surface area contributed by atoms with E-state index in [1.165, 1.54) is 0 Å². The summed E-state index contributed by atoms with van der Waals surface area (Å²) in [6.45, 7) is 3.98. The molecule has 2 fully saturated rings. The van der Waals surface area contributed by atoms with E-state index in [-0.39, 0.29) is 36.8 Å². The zero-order valence-electron chi connectivity index (χ0n) is 16.4. The fourth-order valence-corrected chi connectivity index (χ4v) is 5.82. The molecular formula is C16H29B2O7PS. The second-order valence-corrected chi connectivity index (χ2v) is 11.3. The molecular weight excluding hydrogens is 389 g/mol. The smallest absolute Gasteiger partial charge is 0.381 e. The van der Waals surface area contributed by atoms with Gasteiger partial charge in [-0.05, 0) is 51.9 Å². The zero-order valence-corrected chi connectivity index (χ0v) is 18.1. The summed E-state index contributed by atoms with van der Waals surface area (Å²) in [6.07, 6.45) is -0.716. The Kier molecular flexibility index (Phi) is 9.22. The highest BCUT2D eigenvalue weighted by atomic mass is 32.7. The fraction of sp³-hybridized carbons (Fsp3) is 1.00. The van der Waals surface area contributed by atoms with Crippen molar-refractivity contribution in [2.24, 2.45) is 0 Å². The van der Waals surface area contributed by atoms with Crippen LogP contribution in [-0.4, -0.2) is 81.6 Å². The van der Waals surface area contributed by atoms with E-state index in [9.17, 15) is 9.46 Å². The number of hydrogen-bond acceptors (Lipinski definition) is 7. The van der Waals surface area contributed by atoms with Crippen LogP contribution >= 0.6 is 18.2 Å². The lowest BCUT2D eigenvalue weighted by Crippen LogP contribution is -2.30. The Bertz CT molecular complexity index is 513. The Morgan fingerprint density at radius 2 is 1.67 bits per heavy atom. The minimum absolute atomic E-state index is 0.0167. The van der Waals surface area contributed by atoms with Crippen molar-refractivity contribution in [2.75, 3.05) is 12.4 Å². The van der Waals surface area contributed by atoms with Gasteiger partial charge in [0.1, 0.15) is 21.8 Å². The molecule has 7 atom stereocenters. The van der Waals surface area contributed by atoms with Crippen LogP contribution in [0.2, 0.25) is 0 Å². The summed E-state index contributed by atoms with van der Waals surface area (Å²) in [6, 6.07) is -0.974. The Hall–Kier alpha value is 0.470. The third-order valence-electron chi connectivity index (χ3n) is 4.17. The summed E-state index contributed by atoms with van der Waals surface area (Å²) in [7, 11) is 11.6. The summed E-state index contributed by atoms with van der Waals surface area (Å²) in [5.74, 6) is 0.242. The van der Waals surface area contributed by atoms with Crippen molar-refractivity contribution in [1.29, 1.82) is 0 Å². The molecule has 7 unspecified atom stereocenters. The number of rotatable bonds is 10. The average Bonchev–Trinajstić information content (AvgIpc) is 3.04. The molecule has 0 bridgehead atoms. The largest absolute Gasteiger partial charge is 0.387 e. The lowest BCUT2D eigenvalue weighted by Gasteiger charge is -2.24. The normalized spacial score (nSPS) is 36.6. The monoisotopic (exact) mass is 418 g/mol. The first-order valence-corrected chi connectivity index (χ1v) is 12.5. The molecule has 0 aromatic rings. The van der Waals surface area contributed by atoms with Crippen molar-refractivity contribution >= 4 is 33.9 Å². The molecule has 0 aliphatic carbocycles. The lowest BCUT2D eigenvalue weighted by molar-refractivity contribution is -0.0422. The molecule has 152 valence electrons. The molecule has 2 aliphatic rings. The number of ether oxygens (including phenoxy) is 4. The molecule has 0 amide bonds. The predicted octanol–water partition coefficient (Wildman–Crippen LogP) is 1.99. The molecule has 27 heavy (non-hydrogen) atoms. The summed E-state index contributed by atoms with van der Waals surface area (Å²) in [5.41, 5.74) is 0. The average molecular weight is 418 g/mol. The van der Waals surface area contributed by atoms with Crippen molar-refractivity contribution < 1.29 is 32.9 Å². The second kappa shape index (κ2) is 10.5. The minimum Gasteiger partial charge on any atom is -0.381 e. The highest BCUT2D eigenvalue weighted by molar-refractivity contribution is 8.54. The predicted molar refractivity (Wildman–Crippen MR) is 106 cm³/mol. The highest BCUT2D eigenvalue weighted by Gasteiger charge is 2.40. The first-order chi connectivity index (χ1) is 12.6. The molecule has 2 aliphatic heterocycles. The van der Waals surface area contributed by atoms with Gasteiger partial charge in [0.25, 0.3) is 0 Å². The van der Waals surface area contributed by atoms with Gasteiger partial charge in [-0.25, -0.2) is 4.57 Å². The van der Waals surface area contributed by atoms with Crippen LogP contribution in [-0.2, 0) is 28.0 Å². The Balaban J connectivity index is 1.87. The topological polar surface area (TPSA) is 83.5 Å². The van der Waals surface area contributed by atoms with Crippen LogP contribution in [0.15, 0.2) is 0 Å². The van der Waals surface area contributed by atoms with Gasteiger partial charge in [0.05, 0.1) is 37.1 Å². The second-order valence-electron chi connectivity index (χ2n) is 7.41. The summed E-state index contributed by atoms with van der Waals surface area (Å²) >= 11 is 0.814. The van der Waals surface area contributed by atoms with Gasteiger partial charge in [0.2, 0.25) is 0 Å². The van der Waals surface area contributed by atoms with Crippen molar-refractivity contribution in [3.63, 3.8) is 0 Å². The fourth-order valence-electron chi connectivity index (χ4n) is 3.05. The molecule has 7 nitrogen and oxygen atoms in total. The van der Waals surface area contributed by atoms with E-state index in [0.29, 0.717) is 12.8 Å². The third kappa shape index (κ3) is 8.01. The van der Waals surface area contributed by atoms with Gasteiger partial charge in [-0.15, -0.1) is 0 Å². The summed E-state index contributed by atoms with van der Waals surface area (Å²) < 4.78 is 40.5. The summed E-state index contributed by atoms with van der Waals surface area (Å²) in [5, 5.41) is 0. The van der Waals surface area contributed by atoms with Crippen LogP contribution in [0.25, 0.3) is 0 Å². The van der Waals surface area contributed by atoms with E-state index in [1.807, 2.05) is 27.7 Å². The van der Waals surface area contributed by atoms with Crippen molar-refractivity contribution in [3.8, 4) is 0 Å². The van der Waals surface area contributed by atoms with Crippen LogP contribution in [0.4, 0.5) is 0 Å². The quantitative estimate of drug-likeness (QED) is 0.426. The molecule has 11 heteroatoms. The standard InChI is InChI=1S/C16H29B2O7PS/c1-9(2)21-7-13-12(6-16(18)23-13)25-26(19,20)27-8-14-11(22-10(3)4)5-15(17)24-14/h9-16H,5-8H2,1-4H3,(H,19,20). The van der Waals surface area contributed by atoms with Gasteiger partial charge in [0.15, 0.2) is 0 Å². The maximum absolute atomic E-state index is 12.6. The van der Waals surface area contributed by atoms with E-state index in [1.54, 1.807) is 0 Å². The van der Waals surface area contributed by atoms with Gasteiger partial charge >= 0.3 is 6.80 Å². The van der Waals surface area contributed by atoms with Crippen LogP contribution in [0, 0.1) is 0 Å². The lowest BCUT2D eigenvalue weighted by atomic mass is 9.96. The van der Waals surface area contributed by atoms with E-state index in [0.717, 1.165) is 11.4 Å². The molecule has 2 rings (SSSR count). The molecule has 4 radical (unpaired) electrons. The van der Waals surface area contributed by atoms with E-state index < -0.39 is 31.0 Å². The van der Waals surface area contributed by atoms with E-state index >= 15 is 0 Å². The van der Waals surface area contributed by atoms with Crippen molar-refractivity contribution in [1.82, 2.24) is 0 Å². The SMILES string of the molecule is [B]C1CC(OC(C)C)C(CSP(=O)(O)OC2CC([B])OC2COC(C)C)O1. The molecule has 1 N–H and O–H groups in total. The van der Waals surface area contributed by atoms with Crippen LogP contribution in [0.3, 0.4) is 0 Å². The highest BCUT2D eigenvalue weighted by Crippen LogP contribution is 2.58. The van der Waals surface area contributed by atoms with Gasteiger partial charge < -0.3 is 23.8 Å². The van der Waals surface area contributed by atoms with Gasteiger partial charge in [-0.1, -0.05) is 0 Å². The molecule has 0 spiro atoms. The maximum Gasteiger partial charge on any atom is 0.387 e. The molecule has 0 aromatic heterocycles. The van der Waals surface area contributed by atoms with E-state index in [4.69, 9.17) is 39.2 Å². The molecule has 0 aromatic carbocycles. The number of hydrogen-bond donors (Lipinski definition) is 1. The molecule has 0 saturated carbocycles. The maximum atomic E-state index is 12.6. The van der Waals surface area contributed by atoms with Gasteiger partial charge in [0, 0.05) is 17.8 Å². The van der Waals surface area contributed by atoms with Crippen molar-refractivity contribution in [2.45, 2.75) is 89.2 Å². The van der Waals surface area contributed by atoms with Crippen LogP contribution in [0.1, 0.15) is 40.5 Å². The Morgan fingerprint density at radius 3 is 2.26 bits per heavy atom.